The number of nitrogens with one attached hydrogen (secondary N) is 2. The number of halogens is 2. The highest BCUT2D eigenvalue weighted by molar-refractivity contribution is 6.31. The number of hydrogen-bond acceptors (Lipinski definition) is 6. The summed E-state index contributed by atoms with van der Waals surface area (Å²) in [6, 6.07) is 8.00. The highest BCUT2D eigenvalue weighted by Gasteiger charge is 2.52. The summed E-state index contributed by atoms with van der Waals surface area (Å²) in [6.07, 6.45) is 8.65. The number of aromatic nitrogens is 2. The van der Waals surface area contributed by atoms with Crippen LogP contribution in [-0.2, 0) is 4.79 Å². The van der Waals surface area contributed by atoms with Gasteiger partial charge in [0.2, 0.25) is 5.91 Å². The van der Waals surface area contributed by atoms with Crippen LogP contribution in [0.3, 0.4) is 0 Å². The van der Waals surface area contributed by atoms with Crippen LogP contribution in [0.2, 0.25) is 5.02 Å². The lowest BCUT2D eigenvalue weighted by molar-refractivity contribution is -0.111. The van der Waals surface area contributed by atoms with Crippen molar-refractivity contribution >= 4 is 45.6 Å². The smallest absolute Gasteiger partial charge is 0.248 e. The topological polar surface area (TPSA) is 79.4 Å². The number of carbonyl (C=O) groups is 1. The molecule has 5 rings (SSSR count). The van der Waals surface area contributed by atoms with E-state index in [4.69, 9.17) is 16.3 Å². The first-order valence-corrected chi connectivity index (χ1v) is 12.5. The molecule has 7 nitrogen and oxygen atoms in total. The Morgan fingerprint density at radius 3 is 2.78 bits per heavy atom. The molecule has 2 fully saturated rings. The first-order valence-electron chi connectivity index (χ1n) is 12.1. The van der Waals surface area contributed by atoms with Gasteiger partial charge in [0.25, 0.3) is 0 Å². The Bertz CT molecular complexity index is 1300. The van der Waals surface area contributed by atoms with E-state index in [1.165, 1.54) is 43.8 Å². The Morgan fingerprint density at radius 1 is 1.22 bits per heavy atom. The summed E-state index contributed by atoms with van der Waals surface area (Å²) in [5.74, 6) is 2.48. The molecule has 2 aromatic carbocycles. The number of likely N-dealkylation sites (N-methyl/N-ethyl adjacent to an activating group) is 1. The molecule has 2 unspecified atom stereocenters. The maximum atomic E-state index is 13.6. The van der Waals surface area contributed by atoms with Gasteiger partial charge in [-0.05, 0) is 69.0 Å². The standard InChI is InChI=1S/C27H29ClFN5O2/c1-34(2)10-4-7-26(35)33-24-12-19-23(13-25(24)36-14-20-17-5-3-6-18(17)20)30-15-31-27(19)32-16-8-9-22(29)21(28)11-16/h4,7-9,11-13,15,17-18,20H,3,5-6,10,14H2,1-2H3,(H,33,35)(H,30,31,32)/b7-4+. The van der Waals surface area contributed by atoms with Crippen molar-refractivity contribution in [3.05, 3.63) is 59.7 Å². The molecule has 1 aromatic heterocycles. The van der Waals surface area contributed by atoms with E-state index in [1.54, 1.807) is 12.1 Å². The number of benzene rings is 2. The summed E-state index contributed by atoms with van der Waals surface area (Å²) in [5, 5.41) is 6.82. The number of carbonyl (C=O) groups excluding carboxylic acids is 1. The lowest BCUT2D eigenvalue weighted by Crippen LogP contribution is -2.14. The number of rotatable bonds is 9. The number of amides is 1. The summed E-state index contributed by atoms with van der Waals surface area (Å²) in [7, 11) is 3.88. The summed E-state index contributed by atoms with van der Waals surface area (Å²) in [5.41, 5.74) is 1.79. The molecule has 0 aliphatic heterocycles. The number of fused-ring (bicyclic) bond motifs is 2. The maximum absolute atomic E-state index is 13.6. The molecule has 2 saturated carbocycles. The second-order valence-corrected chi connectivity index (χ2v) is 10.1. The minimum absolute atomic E-state index is 0.0105. The van der Waals surface area contributed by atoms with Crippen LogP contribution >= 0.6 is 11.6 Å². The lowest BCUT2D eigenvalue weighted by atomic mass is 10.1. The highest BCUT2D eigenvalue weighted by atomic mass is 35.5. The maximum Gasteiger partial charge on any atom is 0.248 e. The van der Waals surface area contributed by atoms with Gasteiger partial charge in [-0.25, -0.2) is 14.4 Å². The van der Waals surface area contributed by atoms with Crippen molar-refractivity contribution in [1.82, 2.24) is 14.9 Å². The summed E-state index contributed by atoms with van der Waals surface area (Å²) >= 11 is 5.94. The van der Waals surface area contributed by atoms with Gasteiger partial charge < -0.3 is 20.3 Å². The van der Waals surface area contributed by atoms with Crippen LogP contribution in [-0.4, -0.2) is 48.0 Å². The quantitative estimate of drug-likeness (QED) is 0.363. The minimum Gasteiger partial charge on any atom is -0.491 e. The van der Waals surface area contributed by atoms with Crippen LogP contribution in [0.4, 0.5) is 21.6 Å². The van der Waals surface area contributed by atoms with Crippen molar-refractivity contribution in [2.24, 2.45) is 17.8 Å². The van der Waals surface area contributed by atoms with Gasteiger partial charge in [-0.15, -0.1) is 0 Å². The third-order valence-electron chi connectivity index (χ3n) is 6.93. The van der Waals surface area contributed by atoms with Crippen molar-refractivity contribution in [2.75, 3.05) is 37.9 Å². The molecule has 0 spiro atoms. The van der Waals surface area contributed by atoms with Gasteiger partial charge in [-0.3, -0.25) is 4.79 Å². The number of nitrogens with zero attached hydrogens (tertiary/aromatic N) is 3. The van der Waals surface area contributed by atoms with Gasteiger partial charge in [0.1, 0.15) is 23.7 Å². The fraction of sp³-hybridized carbons (Fsp3) is 0.370. The fourth-order valence-corrected chi connectivity index (χ4v) is 5.24. The largest absolute Gasteiger partial charge is 0.491 e. The van der Waals surface area contributed by atoms with Crippen LogP contribution in [0.5, 0.6) is 5.75 Å². The normalized spacial score (nSPS) is 20.6. The summed E-state index contributed by atoms with van der Waals surface area (Å²) in [6.45, 7) is 1.28. The Balaban J connectivity index is 1.43. The molecule has 9 heteroatoms. The first kappa shape index (κ1) is 24.5. The third kappa shape index (κ3) is 5.44. The molecule has 2 aliphatic rings. The van der Waals surface area contributed by atoms with Crippen molar-refractivity contribution in [3.63, 3.8) is 0 Å². The molecule has 2 atom stereocenters. The van der Waals surface area contributed by atoms with Crippen molar-refractivity contribution in [2.45, 2.75) is 19.3 Å². The zero-order valence-electron chi connectivity index (χ0n) is 20.3. The zero-order valence-corrected chi connectivity index (χ0v) is 21.1. The lowest BCUT2D eigenvalue weighted by Gasteiger charge is -2.15. The first-order chi connectivity index (χ1) is 17.4. The predicted octanol–water partition coefficient (Wildman–Crippen LogP) is 5.65. The molecule has 0 radical (unpaired) electrons. The van der Waals surface area contributed by atoms with E-state index in [-0.39, 0.29) is 10.9 Å². The van der Waals surface area contributed by atoms with E-state index in [2.05, 4.69) is 20.6 Å². The van der Waals surface area contributed by atoms with Crippen LogP contribution < -0.4 is 15.4 Å². The van der Waals surface area contributed by atoms with Crippen LogP contribution in [0.1, 0.15) is 19.3 Å². The number of ether oxygens (including phenoxy) is 1. The third-order valence-corrected chi connectivity index (χ3v) is 7.22. The molecular weight excluding hydrogens is 481 g/mol. The van der Waals surface area contributed by atoms with Crippen molar-refractivity contribution < 1.29 is 13.9 Å². The number of hydrogen-bond donors (Lipinski definition) is 2. The van der Waals surface area contributed by atoms with Gasteiger partial charge in [0.05, 0.1) is 22.8 Å². The highest BCUT2D eigenvalue weighted by Crippen LogP contribution is 2.57. The van der Waals surface area contributed by atoms with Crippen LogP contribution in [0, 0.1) is 23.6 Å². The van der Waals surface area contributed by atoms with E-state index in [0.717, 1.165) is 11.8 Å². The van der Waals surface area contributed by atoms with Gasteiger partial charge in [0, 0.05) is 29.8 Å². The molecule has 2 N–H and O–H groups in total. The predicted molar refractivity (Wildman–Crippen MR) is 140 cm³/mol. The molecule has 1 amide bonds. The van der Waals surface area contributed by atoms with E-state index in [0.29, 0.717) is 52.9 Å². The zero-order chi connectivity index (χ0) is 25.2. The molecule has 0 bridgehead atoms. The van der Waals surface area contributed by atoms with Gasteiger partial charge in [0.15, 0.2) is 0 Å². The second kappa shape index (κ2) is 10.4. The fourth-order valence-electron chi connectivity index (χ4n) is 5.06. The van der Waals surface area contributed by atoms with E-state index < -0.39 is 5.82 Å². The van der Waals surface area contributed by atoms with Gasteiger partial charge >= 0.3 is 0 Å². The van der Waals surface area contributed by atoms with Crippen molar-refractivity contribution in [1.29, 1.82) is 0 Å². The molecular formula is C27H29ClFN5O2. The van der Waals surface area contributed by atoms with Crippen molar-refractivity contribution in [3.8, 4) is 5.75 Å². The monoisotopic (exact) mass is 509 g/mol. The second-order valence-electron chi connectivity index (χ2n) is 9.73. The summed E-state index contributed by atoms with van der Waals surface area (Å²) < 4.78 is 19.9. The molecule has 188 valence electrons. The molecule has 2 aliphatic carbocycles. The molecule has 3 aromatic rings. The Labute approximate surface area is 214 Å². The average molecular weight is 510 g/mol. The van der Waals surface area contributed by atoms with Crippen LogP contribution in [0.25, 0.3) is 10.9 Å². The van der Waals surface area contributed by atoms with E-state index in [9.17, 15) is 9.18 Å². The van der Waals surface area contributed by atoms with Gasteiger partial charge in [-0.1, -0.05) is 24.1 Å². The minimum atomic E-state index is -0.497. The molecule has 1 heterocycles. The summed E-state index contributed by atoms with van der Waals surface area (Å²) in [4.78, 5) is 23.4. The average Bonchev–Trinajstić information content (AvgIpc) is 3.26. The van der Waals surface area contributed by atoms with E-state index >= 15 is 0 Å². The SMILES string of the molecule is CN(C)C/C=C/C(=O)Nc1cc2c(Nc3ccc(F)c(Cl)c3)ncnc2cc1OCC1C2CCCC21. The van der Waals surface area contributed by atoms with E-state index in [1.807, 2.05) is 31.1 Å². The molecule has 0 saturated heterocycles. The Hall–Kier alpha value is -3.23. The Morgan fingerprint density at radius 2 is 2.03 bits per heavy atom. The molecule has 36 heavy (non-hydrogen) atoms. The van der Waals surface area contributed by atoms with Crippen LogP contribution in [0.15, 0.2) is 48.8 Å². The number of anilines is 3. The Kier molecular flexibility index (Phi) is 7.07. The van der Waals surface area contributed by atoms with Gasteiger partial charge in [-0.2, -0.15) is 0 Å².